The Morgan fingerprint density at radius 1 is 1.33 bits per heavy atom. The fourth-order valence-corrected chi connectivity index (χ4v) is 1.95. The largest absolute Gasteiger partial charge is 0.325 e. The number of nitrogens with zero attached hydrogens (tertiary/aromatic N) is 1. The Morgan fingerprint density at radius 3 is 2.78 bits per heavy atom. The first-order valence-corrected chi connectivity index (χ1v) is 6.26. The van der Waals surface area contributed by atoms with E-state index in [4.69, 9.17) is 0 Å². The Kier molecular flexibility index (Phi) is 4.38. The number of rotatable bonds is 5. The molecule has 94 valence electrons. The number of halogens is 1. The molecule has 1 aromatic carbocycles. The van der Waals surface area contributed by atoms with Gasteiger partial charge in [0.05, 0.1) is 6.54 Å². The predicted molar refractivity (Wildman–Crippen MR) is 68.9 cm³/mol. The van der Waals surface area contributed by atoms with E-state index in [1.807, 2.05) is 5.38 Å². The zero-order chi connectivity index (χ0) is 12.8. The summed E-state index contributed by atoms with van der Waals surface area (Å²) in [5, 5.41) is 8.46. The van der Waals surface area contributed by atoms with Crippen molar-refractivity contribution in [1.29, 1.82) is 0 Å². The molecule has 2 N–H and O–H groups in total. The molecule has 0 aliphatic rings. The van der Waals surface area contributed by atoms with Gasteiger partial charge >= 0.3 is 0 Å². The van der Waals surface area contributed by atoms with Crippen LogP contribution < -0.4 is 10.6 Å². The summed E-state index contributed by atoms with van der Waals surface area (Å²) >= 11 is 1.53. The fraction of sp³-hybridized carbons (Fsp3) is 0.167. The molecule has 0 radical (unpaired) electrons. The number of anilines is 1. The molecule has 6 heteroatoms. The molecule has 1 amide bonds. The number of thiazole rings is 1. The van der Waals surface area contributed by atoms with Gasteiger partial charge in [0.15, 0.2) is 0 Å². The number of carbonyl (C=O) groups is 1. The summed E-state index contributed by atoms with van der Waals surface area (Å²) in [5.41, 5.74) is 0.581. The van der Waals surface area contributed by atoms with Crippen molar-refractivity contribution in [3.8, 4) is 0 Å². The van der Waals surface area contributed by atoms with Gasteiger partial charge < -0.3 is 10.6 Å². The highest BCUT2D eigenvalue weighted by Gasteiger charge is 2.02. The SMILES string of the molecule is O=C(CNCc1nccs1)Nc1ccc(F)cc1. The first-order valence-electron chi connectivity index (χ1n) is 5.38. The molecule has 0 aliphatic heterocycles. The van der Waals surface area contributed by atoms with E-state index in [-0.39, 0.29) is 18.3 Å². The van der Waals surface area contributed by atoms with Gasteiger partial charge in [-0.2, -0.15) is 0 Å². The number of aromatic nitrogens is 1. The molecule has 2 aromatic rings. The Hall–Kier alpha value is -1.79. The molecule has 0 atom stereocenters. The highest BCUT2D eigenvalue weighted by Crippen LogP contribution is 2.07. The lowest BCUT2D eigenvalue weighted by atomic mass is 10.3. The molecule has 1 aromatic heterocycles. The summed E-state index contributed by atoms with van der Waals surface area (Å²) in [6.07, 6.45) is 1.72. The summed E-state index contributed by atoms with van der Waals surface area (Å²) < 4.78 is 12.7. The molecule has 0 saturated heterocycles. The van der Waals surface area contributed by atoms with Gasteiger partial charge in [-0.05, 0) is 24.3 Å². The Balaban J connectivity index is 1.73. The van der Waals surface area contributed by atoms with Crippen LogP contribution in [0.3, 0.4) is 0 Å². The lowest BCUT2D eigenvalue weighted by molar-refractivity contribution is -0.115. The molecule has 18 heavy (non-hydrogen) atoms. The molecule has 0 fully saturated rings. The smallest absolute Gasteiger partial charge is 0.238 e. The van der Waals surface area contributed by atoms with E-state index in [1.54, 1.807) is 6.20 Å². The maximum absolute atomic E-state index is 12.7. The lowest BCUT2D eigenvalue weighted by Crippen LogP contribution is -2.27. The van der Waals surface area contributed by atoms with Crippen LogP contribution in [0.5, 0.6) is 0 Å². The number of hydrogen-bond acceptors (Lipinski definition) is 4. The van der Waals surface area contributed by atoms with Gasteiger partial charge in [-0.3, -0.25) is 4.79 Å². The number of hydrogen-bond donors (Lipinski definition) is 2. The van der Waals surface area contributed by atoms with Crippen LogP contribution in [0.25, 0.3) is 0 Å². The van der Waals surface area contributed by atoms with Crippen LogP contribution >= 0.6 is 11.3 Å². The van der Waals surface area contributed by atoms with Crippen molar-refractivity contribution >= 4 is 22.9 Å². The Bertz CT molecular complexity index is 499. The summed E-state index contributed by atoms with van der Waals surface area (Å²) in [7, 11) is 0. The standard InChI is InChI=1S/C12H12FN3OS/c13-9-1-3-10(4-2-9)16-11(17)7-14-8-12-15-5-6-18-12/h1-6,14H,7-8H2,(H,16,17). The number of carbonyl (C=O) groups excluding carboxylic acids is 1. The first kappa shape index (κ1) is 12.7. The van der Waals surface area contributed by atoms with Gasteiger partial charge in [0, 0.05) is 23.8 Å². The van der Waals surface area contributed by atoms with E-state index < -0.39 is 0 Å². The maximum atomic E-state index is 12.7. The third-order valence-corrected chi connectivity index (χ3v) is 2.95. The summed E-state index contributed by atoms with van der Waals surface area (Å²) in [5.74, 6) is -0.493. The van der Waals surface area contributed by atoms with Crippen molar-refractivity contribution in [2.24, 2.45) is 0 Å². The lowest BCUT2D eigenvalue weighted by Gasteiger charge is -2.05. The van der Waals surface area contributed by atoms with Crippen LogP contribution in [0.15, 0.2) is 35.8 Å². The molecular weight excluding hydrogens is 253 g/mol. The zero-order valence-corrected chi connectivity index (χ0v) is 10.3. The van der Waals surface area contributed by atoms with Gasteiger partial charge in [0.2, 0.25) is 5.91 Å². The topological polar surface area (TPSA) is 54.0 Å². The van der Waals surface area contributed by atoms with Crippen LogP contribution in [-0.4, -0.2) is 17.4 Å². The van der Waals surface area contributed by atoms with E-state index in [0.717, 1.165) is 5.01 Å². The Morgan fingerprint density at radius 2 is 2.11 bits per heavy atom. The van der Waals surface area contributed by atoms with Gasteiger partial charge in [0.25, 0.3) is 0 Å². The van der Waals surface area contributed by atoms with E-state index in [9.17, 15) is 9.18 Å². The second kappa shape index (κ2) is 6.23. The molecule has 0 spiro atoms. The molecule has 0 saturated carbocycles. The number of nitrogens with one attached hydrogen (secondary N) is 2. The quantitative estimate of drug-likeness (QED) is 0.869. The third kappa shape index (κ3) is 3.90. The highest BCUT2D eigenvalue weighted by atomic mass is 32.1. The van der Waals surface area contributed by atoms with Gasteiger partial charge in [-0.1, -0.05) is 0 Å². The van der Waals surface area contributed by atoms with Crippen molar-refractivity contribution in [2.75, 3.05) is 11.9 Å². The van der Waals surface area contributed by atoms with Crippen LogP contribution in [-0.2, 0) is 11.3 Å². The molecule has 0 bridgehead atoms. The molecule has 1 heterocycles. The van der Waals surface area contributed by atoms with Crippen LogP contribution in [0.4, 0.5) is 10.1 Å². The van der Waals surface area contributed by atoms with Crippen LogP contribution in [0, 0.1) is 5.82 Å². The van der Waals surface area contributed by atoms with Gasteiger partial charge in [-0.15, -0.1) is 11.3 Å². The minimum absolute atomic E-state index is 0.168. The monoisotopic (exact) mass is 265 g/mol. The van der Waals surface area contributed by atoms with E-state index in [0.29, 0.717) is 12.2 Å². The van der Waals surface area contributed by atoms with Crippen molar-refractivity contribution in [3.05, 3.63) is 46.7 Å². The van der Waals surface area contributed by atoms with Crippen LogP contribution in [0.1, 0.15) is 5.01 Å². The normalized spacial score (nSPS) is 10.3. The average Bonchev–Trinajstić information content (AvgIpc) is 2.85. The van der Waals surface area contributed by atoms with Crippen LogP contribution in [0.2, 0.25) is 0 Å². The van der Waals surface area contributed by atoms with Gasteiger partial charge in [0.1, 0.15) is 10.8 Å². The molecule has 2 rings (SSSR count). The van der Waals surface area contributed by atoms with Crippen molar-refractivity contribution in [2.45, 2.75) is 6.54 Å². The molecule has 4 nitrogen and oxygen atoms in total. The maximum Gasteiger partial charge on any atom is 0.238 e. The summed E-state index contributed by atoms with van der Waals surface area (Å²) in [6, 6.07) is 5.65. The highest BCUT2D eigenvalue weighted by molar-refractivity contribution is 7.09. The minimum atomic E-state index is -0.324. The summed E-state index contributed by atoms with van der Waals surface area (Å²) in [6.45, 7) is 0.755. The van der Waals surface area contributed by atoms with E-state index in [1.165, 1.54) is 35.6 Å². The van der Waals surface area contributed by atoms with Crippen molar-refractivity contribution in [1.82, 2.24) is 10.3 Å². The first-order chi connectivity index (χ1) is 8.74. The van der Waals surface area contributed by atoms with E-state index in [2.05, 4.69) is 15.6 Å². The number of benzene rings is 1. The Labute approximate surface area is 108 Å². The van der Waals surface area contributed by atoms with Crippen molar-refractivity contribution in [3.63, 3.8) is 0 Å². The average molecular weight is 265 g/mol. The zero-order valence-electron chi connectivity index (χ0n) is 9.52. The van der Waals surface area contributed by atoms with Crippen molar-refractivity contribution < 1.29 is 9.18 Å². The fourth-order valence-electron chi connectivity index (χ4n) is 1.36. The second-order valence-electron chi connectivity index (χ2n) is 3.58. The molecule has 0 unspecified atom stereocenters. The second-order valence-corrected chi connectivity index (χ2v) is 4.56. The van der Waals surface area contributed by atoms with E-state index >= 15 is 0 Å². The predicted octanol–water partition coefficient (Wildman–Crippen LogP) is 2.01. The van der Waals surface area contributed by atoms with Gasteiger partial charge in [-0.25, -0.2) is 9.37 Å². The molecule has 0 aliphatic carbocycles. The summed E-state index contributed by atoms with van der Waals surface area (Å²) in [4.78, 5) is 15.6. The number of amides is 1. The third-order valence-electron chi connectivity index (χ3n) is 2.17. The minimum Gasteiger partial charge on any atom is -0.325 e. The molecular formula is C12H12FN3OS.